The highest BCUT2D eigenvalue weighted by molar-refractivity contribution is 5.70. The highest BCUT2D eigenvalue weighted by Gasteiger charge is 2.09. The Morgan fingerprint density at radius 2 is 2.00 bits per heavy atom. The predicted octanol–water partition coefficient (Wildman–Crippen LogP) is 2.09. The van der Waals surface area contributed by atoms with Crippen molar-refractivity contribution in [1.82, 2.24) is 0 Å². The molecule has 0 aromatic carbocycles. The van der Waals surface area contributed by atoms with Crippen LogP contribution in [0.1, 0.15) is 46.5 Å². The minimum absolute atomic E-state index is 0.0356. The molecule has 1 atom stereocenters. The molecule has 0 aromatic rings. The molecule has 0 aliphatic carbocycles. The van der Waals surface area contributed by atoms with E-state index in [0.717, 1.165) is 19.3 Å². The zero-order valence-corrected chi connectivity index (χ0v) is 9.58. The number of esters is 1. The summed E-state index contributed by atoms with van der Waals surface area (Å²) in [5, 5.41) is 0. The predicted molar refractivity (Wildman–Crippen MR) is 57.9 cm³/mol. The van der Waals surface area contributed by atoms with Crippen LogP contribution in [0.15, 0.2) is 0 Å². The quantitative estimate of drug-likeness (QED) is 0.642. The van der Waals surface area contributed by atoms with Crippen LogP contribution in [0.2, 0.25) is 0 Å². The molecule has 3 nitrogen and oxygen atoms in total. The van der Waals surface area contributed by atoms with Gasteiger partial charge < -0.3 is 10.5 Å². The van der Waals surface area contributed by atoms with Crippen molar-refractivity contribution in [2.24, 2.45) is 11.7 Å². The second-order valence-electron chi connectivity index (χ2n) is 4.16. The Morgan fingerprint density at radius 1 is 1.36 bits per heavy atom. The van der Waals surface area contributed by atoms with Gasteiger partial charge in [0.25, 0.3) is 0 Å². The topological polar surface area (TPSA) is 52.3 Å². The molecule has 3 heteroatoms. The van der Waals surface area contributed by atoms with Crippen molar-refractivity contribution in [3.05, 3.63) is 0 Å². The van der Waals surface area contributed by atoms with E-state index in [1.165, 1.54) is 0 Å². The van der Waals surface area contributed by atoms with E-state index in [1.54, 1.807) is 0 Å². The van der Waals surface area contributed by atoms with Gasteiger partial charge in [0, 0.05) is 6.04 Å². The molecule has 84 valence electrons. The first-order valence-corrected chi connectivity index (χ1v) is 5.47. The largest absolute Gasteiger partial charge is 0.466 e. The maximum Gasteiger partial charge on any atom is 0.307 e. The molecule has 0 spiro atoms. The van der Waals surface area contributed by atoms with Gasteiger partial charge in [-0.05, 0) is 18.8 Å². The van der Waals surface area contributed by atoms with Crippen LogP contribution in [0.25, 0.3) is 0 Å². The van der Waals surface area contributed by atoms with Gasteiger partial charge in [-0.2, -0.15) is 0 Å². The Hall–Kier alpha value is -0.570. The Bertz CT molecular complexity index is 157. The molecule has 0 saturated heterocycles. The number of carbonyl (C=O) groups is 1. The summed E-state index contributed by atoms with van der Waals surface area (Å²) in [5.74, 6) is 0.415. The lowest BCUT2D eigenvalue weighted by molar-refractivity contribution is -0.144. The molecule has 14 heavy (non-hydrogen) atoms. The van der Waals surface area contributed by atoms with Crippen LogP contribution in [-0.2, 0) is 9.53 Å². The van der Waals surface area contributed by atoms with Gasteiger partial charge in [-0.25, -0.2) is 0 Å². The van der Waals surface area contributed by atoms with Crippen molar-refractivity contribution in [3.8, 4) is 0 Å². The number of hydrogen-bond acceptors (Lipinski definition) is 3. The lowest BCUT2D eigenvalue weighted by Crippen LogP contribution is -2.24. The van der Waals surface area contributed by atoms with Gasteiger partial charge in [0.05, 0.1) is 13.0 Å². The van der Waals surface area contributed by atoms with Crippen molar-refractivity contribution in [2.75, 3.05) is 6.61 Å². The third-order valence-electron chi connectivity index (χ3n) is 2.05. The van der Waals surface area contributed by atoms with E-state index in [-0.39, 0.29) is 12.0 Å². The minimum Gasteiger partial charge on any atom is -0.466 e. The van der Waals surface area contributed by atoms with Gasteiger partial charge in [0.1, 0.15) is 0 Å². The summed E-state index contributed by atoms with van der Waals surface area (Å²) in [6.45, 7) is 6.80. The molecular formula is C11H23NO2. The van der Waals surface area contributed by atoms with E-state index >= 15 is 0 Å². The summed E-state index contributed by atoms with van der Waals surface area (Å²) in [7, 11) is 0. The fraction of sp³-hybridized carbons (Fsp3) is 0.909. The van der Waals surface area contributed by atoms with Crippen molar-refractivity contribution in [1.29, 1.82) is 0 Å². The minimum atomic E-state index is -0.161. The molecule has 0 amide bonds. The highest BCUT2D eigenvalue weighted by Crippen LogP contribution is 2.03. The Morgan fingerprint density at radius 3 is 2.50 bits per heavy atom. The van der Waals surface area contributed by atoms with Crippen LogP contribution in [0.4, 0.5) is 0 Å². The first-order valence-electron chi connectivity index (χ1n) is 5.47. The zero-order valence-electron chi connectivity index (χ0n) is 9.58. The summed E-state index contributed by atoms with van der Waals surface area (Å²) < 4.78 is 5.05. The summed E-state index contributed by atoms with van der Waals surface area (Å²) in [6.07, 6.45) is 3.18. The number of hydrogen-bond donors (Lipinski definition) is 1. The van der Waals surface area contributed by atoms with Crippen LogP contribution >= 0.6 is 0 Å². The standard InChI is InChI=1S/C11H23NO2/c1-4-5-10(12)8-11(13)14-7-6-9(2)3/h9-10H,4-8,12H2,1-3H3. The van der Waals surface area contributed by atoms with E-state index in [4.69, 9.17) is 10.5 Å². The molecule has 0 aromatic heterocycles. The Labute approximate surface area is 87.0 Å². The van der Waals surface area contributed by atoms with Gasteiger partial charge in [-0.3, -0.25) is 4.79 Å². The van der Waals surface area contributed by atoms with Gasteiger partial charge in [0.2, 0.25) is 0 Å². The van der Waals surface area contributed by atoms with Gasteiger partial charge in [0.15, 0.2) is 0 Å². The Balaban J connectivity index is 3.45. The number of rotatable bonds is 7. The lowest BCUT2D eigenvalue weighted by atomic mass is 10.1. The molecular weight excluding hydrogens is 178 g/mol. The average molecular weight is 201 g/mol. The SMILES string of the molecule is CCCC(N)CC(=O)OCCC(C)C. The van der Waals surface area contributed by atoms with Crippen LogP contribution in [-0.4, -0.2) is 18.6 Å². The lowest BCUT2D eigenvalue weighted by Gasteiger charge is -2.10. The summed E-state index contributed by atoms with van der Waals surface area (Å²) in [6, 6.07) is -0.0356. The maximum atomic E-state index is 11.2. The summed E-state index contributed by atoms with van der Waals surface area (Å²) >= 11 is 0. The maximum absolute atomic E-state index is 11.2. The fourth-order valence-electron chi connectivity index (χ4n) is 1.15. The van der Waals surface area contributed by atoms with Crippen molar-refractivity contribution in [2.45, 2.75) is 52.5 Å². The van der Waals surface area contributed by atoms with E-state index in [2.05, 4.69) is 20.8 Å². The van der Waals surface area contributed by atoms with Crippen molar-refractivity contribution >= 4 is 5.97 Å². The monoisotopic (exact) mass is 201 g/mol. The number of nitrogens with two attached hydrogens (primary N) is 1. The molecule has 0 aliphatic heterocycles. The van der Waals surface area contributed by atoms with Crippen molar-refractivity contribution in [3.63, 3.8) is 0 Å². The molecule has 0 heterocycles. The molecule has 0 saturated carbocycles. The fourth-order valence-corrected chi connectivity index (χ4v) is 1.15. The molecule has 1 unspecified atom stereocenters. The normalized spacial score (nSPS) is 12.9. The zero-order chi connectivity index (χ0) is 11.0. The third kappa shape index (κ3) is 8.05. The van der Waals surface area contributed by atoms with Gasteiger partial charge in [-0.15, -0.1) is 0 Å². The van der Waals surface area contributed by atoms with E-state index in [1.807, 2.05) is 0 Å². The third-order valence-corrected chi connectivity index (χ3v) is 2.05. The molecule has 0 fully saturated rings. The van der Waals surface area contributed by atoms with Crippen LogP contribution in [0, 0.1) is 5.92 Å². The van der Waals surface area contributed by atoms with Crippen LogP contribution < -0.4 is 5.73 Å². The van der Waals surface area contributed by atoms with Gasteiger partial charge >= 0.3 is 5.97 Å². The molecule has 2 N–H and O–H groups in total. The first kappa shape index (κ1) is 13.4. The van der Waals surface area contributed by atoms with E-state index in [9.17, 15) is 4.79 Å². The van der Waals surface area contributed by atoms with E-state index in [0.29, 0.717) is 18.9 Å². The average Bonchev–Trinajstić information content (AvgIpc) is 2.03. The molecule has 0 bridgehead atoms. The van der Waals surface area contributed by atoms with Crippen LogP contribution in [0.5, 0.6) is 0 Å². The highest BCUT2D eigenvalue weighted by atomic mass is 16.5. The smallest absolute Gasteiger partial charge is 0.307 e. The molecule has 0 radical (unpaired) electrons. The molecule has 0 rings (SSSR count). The second kappa shape index (κ2) is 7.80. The summed E-state index contributed by atoms with van der Waals surface area (Å²) in [4.78, 5) is 11.2. The second-order valence-corrected chi connectivity index (χ2v) is 4.16. The Kier molecular flexibility index (Phi) is 7.48. The first-order chi connectivity index (χ1) is 6.56. The van der Waals surface area contributed by atoms with Gasteiger partial charge in [-0.1, -0.05) is 27.2 Å². The van der Waals surface area contributed by atoms with E-state index < -0.39 is 0 Å². The molecule has 0 aliphatic rings. The number of ether oxygens (including phenoxy) is 1. The number of carbonyl (C=O) groups excluding carboxylic acids is 1. The van der Waals surface area contributed by atoms with Crippen molar-refractivity contribution < 1.29 is 9.53 Å². The van der Waals surface area contributed by atoms with Crippen LogP contribution in [0.3, 0.4) is 0 Å². The summed E-state index contributed by atoms with van der Waals surface area (Å²) in [5.41, 5.74) is 5.72.